The van der Waals surface area contributed by atoms with Crippen LogP contribution in [-0.2, 0) is 0 Å². The fraction of sp³-hybridized carbons (Fsp3) is 0.333. The lowest BCUT2D eigenvalue weighted by Crippen LogP contribution is -2.01. The van der Waals surface area contributed by atoms with Crippen molar-refractivity contribution in [3.63, 3.8) is 0 Å². The zero-order valence-electron chi connectivity index (χ0n) is 6.83. The van der Waals surface area contributed by atoms with Crippen LogP contribution in [0.5, 0.6) is 0 Å². The average Bonchev–Trinajstić information content (AvgIpc) is 2.03. The number of halogens is 1. The third kappa shape index (κ3) is 3.61. The van der Waals surface area contributed by atoms with E-state index in [-0.39, 0.29) is 6.10 Å². The molecule has 1 aromatic rings. The predicted octanol–water partition coefficient (Wildman–Crippen LogP) is 2.92. The maximum atomic E-state index is 9.04. The summed E-state index contributed by atoms with van der Waals surface area (Å²) in [6.45, 7) is 1.80. The third-order valence-electron chi connectivity index (χ3n) is 1.30. The number of benzene rings is 1. The van der Waals surface area contributed by atoms with Gasteiger partial charge in [0.25, 0.3) is 0 Å². The van der Waals surface area contributed by atoms with E-state index in [0.29, 0.717) is 0 Å². The van der Waals surface area contributed by atoms with E-state index in [1.165, 1.54) is 4.90 Å². The number of aliphatic hydroxyl groups excluding tert-OH is 1. The first-order chi connectivity index (χ1) is 5.68. The Morgan fingerprint density at radius 2 is 2.00 bits per heavy atom. The normalized spacial score (nSPS) is 12.9. The monoisotopic (exact) mass is 246 g/mol. The van der Waals surface area contributed by atoms with Crippen LogP contribution in [0.3, 0.4) is 0 Å². The van der Waals surface area contributed by atoms with Crippen LogP contribution in [0.15, 0.2) is 33.6 Å². The highest BCUT2D eigenvalue weighted by atomic mass is 79.9. The van der Waals surface area contributed by atoms with Gasteiger partial charge in [-0.2, -0.15) is 0 Å². The van der Waals surface area contributed by atoms with Gasteiger partial charge >= 0.3 is 0 Å². The van der Waals surface area contributed by atoms with Crippen molar-refractivity contribution in [1.29, 1.82) is 0 Å². The van der Waals surface area contributed by atoms with Crippen LogP contribution < -0.4 is 0 Å². The summed E-state index contributed by atoms with van der Waals surface area (Å²) >= 11 is 5.03. The van der Waals surface area contributed by atoms with Gasteiger partial charge < -0.3 is 5.11 Å². The molecule has 0 aromatic heterocycles. The van der Waals surface area contributed by atoms with Gasteiger partial charge in [0.1, 0.15) is 0 Å². The molecule has 0 aliphatic rings. The zero-order chi connectivity index (χ0) is 8.97. The van der Waals surface area contributed by atoms with Gasteiger partial charge in [0.2, 0.25) is 0 Å². The van der Waals surface area contributed by atoms with E-state index in [0.717, 1.165) is 10.2 Å². The third-order valence-corrected chi connectivity index (χ3v) is 3.09. The Morgan fingerprint density at radius 3 is 2.50 bits per heavy atom. The summed E-state index contributed by atoms with van der Waals surface area (Å²) < 4.78 is 1.09. The summed E-state index contributed by atoms with van der Waals surface area (Å²) in [5.74, 6) is 0.752. The lowest BCUT2D eigenvalue weighted by molar-refractivity contribution is 0.220. The van der Waals surface area contributed by atoms with Crippen LogP contribution in [0.2, 0.25) is 0 Å². The highest BCUT2D eigenvalue weighted by Gasteiger charge is 1.97. The van der Waals surface area contributed by atoms with Crippen molar-refractivity contribution >= 4 is 27.7 Å². The Bertz CT molecular complexity index is 233. The minimum atomic E-state index is -0.237. The molecular weight excluding hydrogens is 236 g/mol. The first-order valence-corrected chi connectivity index (χ1v) is 5.53. The molecule has 0 aliphatic carbocycles. The van der Waals surface area contributed by atoms with Gasteiger partial charge in [0, 0.05) is 15.1 Å². The molecule has 0 bridgehead atoms. The molecule has 0 saturated heterocycles. The summed E-state index contributed by atoms with van der Waals surface area (Å²) in [4.78, 5) is 1.19. The molecule has 1 aromatic carbocycles. The molecule has 0 aliphatic heterocycles. The first kappa shape index (κ1) is 10.1. The first-order valence-electron chi connectivity index (χ1n) is 3.75. The summed E-state index contributed by atoms with van der Waals surface area (Å²) in [7, 11) is 0. The molecule has 12 heavy (non-hydrogen) atoms. The second-order valence-corrected chi connectivity index (χ2v) is 4.62. The standard InChI is InChI=1S/C9H11BrOS/c1-7(11)6-12-9-4-2-8(10)3-5-9/h2-5,7,11H,6H2,1H3/t7-/m1/s1. The smallest absolute Gasteiger partial charge is 0.0606 e. The summed E-state index contributed by atoms with van der Waals surface area (Å²) in [6, 6.07) is 8.09. The Labute approximate surface area is 85.3 Å². The molecule has 1 rings (SSSR count). The predicted molar refractivity (Wildman–Crippen MR) is 56.5 cm³/mol. The van der Waals surface area contributed by atoms with Crippen molar-refractivity contribution in [3.05, 3.63) is 28.7 Å². The van der Waals surface area contributed by atoms with E-state index in [9.17, 15) is 0 Å². The maximum absolute atomic E-state index is 9.04. The van der Waals surface area contributed by atoms with Crippen LogP contribution in [0.25, 0.3) is 0 Å². The van der Waals surface area contributed by atoms with Crippen molar-refractivity contribution in [1.82, 2.24) is 0 Å². The van der Waals surface area contributed by atoms with Crippen molar-refractivity contribution in [2.45, 2.75) is 17.9 Å². The van der Waals surface area contributed by atoms with Gasteiger partial charge in [-0.15, -0.1) is 11.8 Å². The average molecular weight is 247 g/mol. The molecule has 0 unspecified atom stereocenters. The summed E-state index contributed by atoms with van der Waals surface area (Å²) in [6.07, 6.45) is -0.237. The minimum Gasteiger partial charge on any atom is -0.393 e. The lowest BCUT2D eigenvalue weighted by atomic mass is 10.4. The SMILES string of the molecule is C[C@@H](O)CSc1ccc(Br)cc1. The Kier molecular flexibility index (Phi) is 4.12. The largest absolute Gasteiger partial charge is 0.393 e. The van der Waals surface area contributed by atoms with Crippen molar-refractivity contribution < 1.29 is 5.11 Å². The zero-order valence-corrected chi connectivity index (χ0v) is 9.23. The molecular formula is C9H11BrOS. The molecule has 1 nitrogen and oxygen atoms in total. The number of aliphatic hydroxyl groups is 1. The highest BCUT2D eigenvalue weighted by Crippen LogP contribution is 2.20. The van der Waals surface area contributed by atoms with Crippen LogP contribution >= 0.6 is 27.7 Å². The number of hydrogen-bond donors (Lipinski definition) is 1. The van der Waals surface area contributed by atoms with E-state index in [4.69, 9.17) is 5.11 Å². The van der Waals surface area contributed by atoms with E-state index < -0.39 is 0 Å². The lowest BCUT2D eigenvalue weighted by Gasteiger charge is -2.03. The topological polar surface area (TPSA) is 20.2 Å². The van der Waals surface area contributed by atoms with Crippen LogP contribution in [0.1, 0.15) is 6.92 Å². The fourth-order valence-corrected chi connectivity index (χ4v) is 1.77. The molecule has 0 spiro atoms. The van der Waals surface area contributed by atoms with E-state index in [2.05, 4.69) is 15.9 Å². The molecule has 0 fully saturated rings. The van der Waals surface area contributed by atoms with Gasteiger partial charge in [0.15, 0.2) is 0 Å². The van der Waals surface area contributed by atoms with Gasteiger partial charge in [-0.25, -0.2) is 0 Å². The minimum absolute atomic E-state index is 0.237. The molecule has 66 valence electrons. The number of hydrogen-bond acceptors (Lipinski definition) is 2. The summed E-state index contributed by atoms with van der Waals surface area (Å²) in [5.41, 5.74) is 0. The van der Waals surface area contributed by atoms with Crippen LogP contribution in [0, 0.1) is 0 Å². The Hall–Kier alpha value is 0.01000. The molecule has 1 N–H and O–H groups in total. The van der Waals surface area contributed by atoms with E-state index >= 15 is 0 Å². The molecule has 0 radical (unpaired) electrons. The summed E-state index contributed by atoms with van der Waals surface area (Å²) in [5, 5.41) is 9.04. The maximum Gasteiger partial charge on any atom is 0.0606 e. The molecule has 0 amide bonds. The van der Waals surface area contributed by atoms with Crippen LogP contribution in [0.4, 0.5) is 0 Å². The molecule has 1 atom stereocenters. The fourth-order valence-electron chi connectivity index (χ4n) is 0.748. The quantitative estimate of drug-likeness (QED) is 0.829. The van der Waals surface area contributed by atoms with Crippen molar-refractivity contribution in [3.8, 4) is 0 Å². The molecule has 0 heterocycles. The van der Waals surface area contributed by atoms with E-state index in [1.807, 2.05) is 24.3 Å². The molecule has 0 saturated carbocycles. The van der Waals surface area contributed by atoms with Gasteiger partial charge in [0.05, 0.1) is 6.10 Å². The van der Waals surface area contributed by atoms with E-state index in [1.54, 1.807) is 18.7 Å². The number of thioether (sulfide) groups is 1. The Balaban J connectivity index is 2.48. The van der Waals surface area contributed by atoms with Gasteiger partial charge in [-0.05, 0) is 31.2 Å². The molecule has 3 heteroatoms. The highest BCUT2D eigenvalue weighted by molar-refractivity contribution is 9.10. The Morgan fingerprint density at radius 1 is 1.42 bits per heavy atom. The van der Waals surface area contributed by atoms with Crippen LogP contribution in [-0.4, -0.2) is 17.0 Å². The second kappa shape index (κ2) is 4.90. The second-order valence-electron chi connectivity index (χ2n) is 2.61. The van der Waals surface area contributed by atoms with Crippen molar-refractivity contribution in [2.75, 3.05) is 5.75 Å². The van der Waals surface area contributed by atoms with Gasteiger partial charge in [-0.3, -0.25) is 0 Å². The van der Waals surface area contributed by atoms with Crippen molar-refractivity contribution in [2.24, 2.45) is 0 Å². The number of rotatable bonds is 3. The van der Waals surface area contributed by atoms with Gasteiger partial charge in [-0.1, -0.05) is 15.9 Å².